The van der Waals surface area contributed by atoms with Crippen molar-refractivity contribution in [1.82, 2.24) is 19.3 Å². The fourth-order valence-corrected chi connectivity index (χ4v) is 7.38. The predicted octanol–water partition coefficient (Wildman–Crippen LogP) is 6.38. The number of hydrogen-bond acceptors (Lipinski definition) is 6. The standard InChI is InChI=1S/C34H31ClF2N4O4S/c1-23-31(33(38-45-23)32-29(35)7-4-8-30(32)37)34(42)40(22-24-9-12-27(36)13-10-24)18-15-39-16-19-41(20-17-39)46(43,44)28-14-11-25-5-2-3-6-26(25)21-28/h2-14,21H,15-20,22H2,1H3. The molecule has 238 valence electrons. The minimum absolute atomic E-state index is 0.00205. The van der Waals surface area contributed by atoms with Crippen molar-refractivity contribution in [3.8, 4) is 11.3 Å². The molecule has 1 fully saturated rings. The molecule has 0 saturated carbocycles. The van der Waals surface area contributed by atoms with E-state index in [9.17, 15) is 22.0 Å². The van der Waals surface area contributed by atoms with Crippen LogP contribution in [0.2, 0.25) is 5.02 Å². The summed E-state index contributed by atoms with van der Waals surface area (Å²) < 4.78 is 62.3. The molecule has 0 unspecified atom stereocenters. The Balaban J connectivity index is 1.18. The number of sulfonamides is 1. The first-order chi connectivity index (χ1) is 22.1. The van der Waals surface area contributed by atoms with Gasteiger partial charge in [-0.05, 0) is 59.7 Å². The van der Waals surface area contributed by atoms with E-state index >= 15 is 0 Å². The number of hydrogen-bond donors (Lipinski definition) is 0. The fraction of sp³-hybridized carbons (Fsp3) is 0.235. The van der Waals surface area contributed by atoms with E-state index in [4.69, 9.17) is 16.1 Å². The Hall–Kier alpha value is -4.16. The minimum atomic E-state index is -3.69. The quantitative estimate of drug-likeness (QED) is 0.182. The van der Waals surface area contributed by atoms with Crippen LogP contribution in [0.3, 0.4) is 0 Å². The lowest BCUT2D eigenvalue weighted by atomic mass is 10.0. The zero-order valence-corrected chi connectivity index (χ0v) is 26.6. The van der Waals surface area contributed by atoms with Crippen LogP contribution in [0.5, 0.6) is 0 Å². The molecule has 8 nitrogen and oxygen atoms in total. The Morgan fingerprint density at radius 2 is 1.65 bits per heavy atom. The summed E-state index contributed by atoms with van der Waals surface area (Å²) in [6.07, 6.45) is 0. The number of rotatable bonds is 9. The van der Waals surface area contributed by atoms with E-state index in [1.807, 2.05) is 30.3 Å². The van der Waals surface area contributed by atoms with Gasteiger partial charge in [-0.15, -0.1) is 0 Å². The molecule has 5 aromatic rings. The summed E-state index contributed by atoms with van der Waals surface area (Å²) in [5.41, 5.74) is 0.748. The predicted molar refractivity (Wildman–Crippen MR) is 172 cm³/mol. The molecular weight excluding hydrogens is 634 g/mol. The first kappa shape index (κ1) is 31.8. The van der Waals surface area contributed by atoms with E-state index in [2.05, 4.69) is 10.1 Å². The number of nitrogens with zero attached hydrogens (tertiary/aromatic N) is 4. The van der Waals surface area contributed by atoms with Crippen LogP contribution in [0.15, 0.2) is 94.3 Å². The number of aryl methyl sites for hydroxylation is 1. The molecule has 1 amide bonds. The summed E-state index contributed by atoms with van der Waals surface area (Å²) in [6.45, 7) is 3.93. The van der Waals surface area contributed by atoms with E-state index in [1.54, 1.807) is 36.1 Å². The highest BCUT2D eigenvalue weighted by atomic mass is 35.5. The number of carbonyl (C=O) groups is 1. The lowest BCUT2D eigenvalue weighted by molar-refractivity contribution is 0.0709. The Morgan fingerprint density at radius 3 is 2.37 bits per heavy atom. The highest BCUT2D eigenvalue weighted by Crippen LogP contribution is 2.34. The average molecular weight is 665 g/mol. The third kappa shape index (κ3) is 6.54. The lowest BCUT2D eigenvalue weighted by Crippen LogP contribution is -2.50. The molecule has 46 heavy (non-hydrogen) atoms. The van der Waals surface area contributed by atoms with Crippen molar-refractivity contribution in [1.29, 1.82) is 0 Å². The molecule has 0 N–H and O–H groups in total. The van der Waals surface area contributed by atoms with E-state index < -0.39 is 27.6 Å². The van der Waals surface area contributed by atoms with Crippen LogP contribution in [0.1, 0.15) is 21.7 Å². The molecular formula is C34H31ClF2N4O4S. The molecule has 1 saturated heterocycles. The summed E-state index contributed by atoms with van der Waals surface area (Å²) in [7, 11) is -3.69. The van der Waals surface area contributed by atoms with Gasteiger partial charge in [0.25, 0.3) is 5.91 Å². The molecule has 0 aliphatic carbocycles. The largest absolute Gasteiger partial charge is 0.360 e. The number of carbonyl (C=O) groups excluding carboxylic acids is 1. The topological polar surface area (TPSA) is 87.0 Å². The minimum Gasteiger partial charge on any atom is -0.360 e. The summed E-state index contributed by atoms with van der Waals surface area (Å²) in [6, 6.07) is 22.8. The zero-order chi connectivity index (χ0) is 32.4. The molecule has 0 atom stereocenters. The monoisotopic (exact) mass is 664 g/mol. The average Bonchev–Trinajstić information content (AvgIpc) is 3.43. The van der Waals surface area contributed by atoms with Crippen LogP contribution >= 0.6 is 11.6 Å². The normalized spacial score (nSPS) is 14.5. The molecule has 0 bridgehead atoms. The SMILES string of the molecule is Cc1onc(-c2c(F)cccc2Cl)c1C(=O)N(CCN1CCN(S(=O)(=O)c2ccc3ccccc3c2)CC1)Cc1ccc(F)cc1. The van der Waals surface area contributed by atoms with Crippen LogP contribution < -0.4 is 0 Å². The molecule has 0 radical (unpaired) electrons. The molecule has 4 aromatic carbocycles. The maximum Gasteiger partial charge on any atom is 0.260 e. The van der Waals surface area contributed by atoms with Crippen LogP contribution in [0.25, 0.3) is 22.0 Å². The Morgan fingerprint density at radius 1 is 0.935 bits per heavy atom. The highest BCUT2D eigenvalue weighted by molar-refractivity contribution is 7.89. The van der Waals surface area contributed by atoms with Gasteiger partial charge in [-0.3, -0.25) is 9.69 Å². The maximum absolute atomic E-state index is 14.9. The van der Waals surface area contributed by atoms with Gasteiger partial charge >= 0.3 is 0 Å². The van der Waals surface area contributed by atoms with Gasteiger partial charge in [0.15, 0.2) is 0 Å². The summed E-state index contributed by atoms with van der Waals surface area (Å²) in [5.74, 6) is -1.29. The second kappa shape index (κ2) is 13.3. The highest BCUT2D eigenvalue weighted by Gasteiger charge is 2.31. The maximum atomic E-state index is 14.9. The first-order valence-corrected chi connectivity index (χ1v) is 16.6. The molecule has 1 aliphatic rings. The summed E-state index contributed by atoms with van der Waals surface area (Å²) in [4.78, 5) is 18.0. The van der Waals surface area contributed by atoms with Crippen molar-refractivity contribution in [2.45, 2.75) is 18.4 Å². The summed E-state index contributed by atoms with van der Waals surface area (Å²) in [5, 5.41) is 5.90. The van der Waals surface area contributed by atoms with Crippen molar-refractivity contribution >= 4 is 38.3 Å². The van der Waals surface area contributed by atoms with Crippen LogP contribution in [0.4, 0.5) is 8.78 Å². The van der Waals surface area contributed by atoms with Crippen LogP contribution in [-0.4, -0.2) is 72.9 Å². The van der Waals surface area contributed by atoms with Crippen molar-refractivity contribution in [2.24, 2.45) is 0 Å². The van der Waals surface area contributed by atoms with Gasteiger partial charge in [0, 0.05) is 45.8 Å². The Labute approximate surface area is 270 Å². The number of fused-ring (bicyclic) bond motifs is 1. The van der Waals surface area contributed by atoms with Crippen LogP contribution in [0, 0.1) is 18.6 Å². The first-order valence-electron chi connectivity index (χ1n) is 14.8. The summed E-state index contributed by atoms with van der Waals surface area (Å²) >= 11 is 6.31. The van der Waals surface area contributed by atoms with E-state index in [-0.39, 0.29) is 45.6 Å². The second-order valence-electron chi connectivity index (χ2n) is 11.2. The van der Waals surface area contributed by atoms with Gasteiger partial charge in [0.05, 0.1) is 15.5 Å². The van der Waals surface area contributed by atoms with Crippen molar-refractivity contribution in [2.75, 3.05) is 39.3 Å². The van der Waals surface area contributed by atoms with Gasteiger partial charge in [-0.2, -0.15) is 4.31 Å². The number of aromatic nitrogens is 1. The van der Waals surface area contributed by atoms with E-state index in [1.165, 1.54) is 34.6 Å². The van der Waals surface area contributed by atoms with Crippen molar-refractivity contribution in [3.05, 3.63) is 118 Å². The van der Waals surface area contributed by atoms with Crippen molar-refractivity contribution < 1.29 is 26.5 Å². The number of benzene rings is 4. The van der Waals surface area contributed by atoms with E-state index in [0.717, 1.165) is 10.8 Å². The third-order valence-electron chi connectivity index (χ3n) is 8.23. The lowest BCUT2D eigenvalue weighted by Gasteiger charge is -2.35. The third-order valence-corrected chi connectivity index (χ3v) is 10.4. The molecule has 2 heterocycles. The number of amides is 1. The second-order valence-corrected chi connectivity index (χ2v) is 13.5. The molecule has 6 rings (SSSR count). The fourth-order valence-electron chi connectivity index (χ4n) is 5.67. The molecule has 1 aromatic heterocycles. The van der Waals surface area contributed by atoms with Crippen LogP contribution in [-0.2, 0) is 16.6 Å². The zero-order valence-electron chi connectivity index (χ0n) is 25.0. The number of halogens is 3. The van der Waals surface area contributed by atoms with E-state index in [0.29, 0.717) is 38.3 Å². The van der Waals surface area contributed by atoms with Gasteiger partial charge in [0.1, 0.15) is 28.7 Å². The number of piperazine rings is 1. The molecule has 12 heteroatoms. The van der Waals surface area contributed by atoms with Crippen molar-refractivity contribution in [3.63, 3.8) is 0 Å². The van der Waals surface area contributed by atoms with Gasteiger partial charge in [-0.25, -0.2) is 17.2 Å². The van der Waals surface area contributed by atoms with Gasteiger partial charge in [-0.1, -0.05) is 65.3 Å². The smallest absolute Gasteiger partial charge is 0.260 e. The van der Waals surface area contributed by atoms with Gasteiger partial charge in [0.2, 0.25) is 10.0 Å². The Kier molecular flexibility index (Phi) is 9.19. The van der Waals surface area contributed by atoms with Gasteiger partial charge < -0.3 is 9.42 Å². The molecule has 0 spiro atoms. The Bertz CT molecular complexity index is 1970. The molecule has 1 aliphatic heterocycles.